The van der Waals surface area contributed by atoms with Crippen molar-refractivity contribution < 1.29 is 14.0 Å². The third-order valence-corrected chi connectivity index (χ3v) is 1.99. The van der Waals surface area contributed by atoms with Crippen LogP contribution in [0, 0.1) is 5.82 Å². The van der Waals surface area contributed by atoms with Gasteiger partial charge in [-0.05, 0) is 25.1 Å². The second-order valence-electron chi connectivity index (χ2n) is 3.01. The minimum absolute atomic E-state index is 0.0241. The number of nitrogens with one attached hydrogen (secondary N) is 1. The Morgan fingerprint density at radius 2 is 2.13 bits per heavy atom. The molecule has 0 heterocycles. The van der Waals surface area contributed by atoms with Crippen LogP contribution < -0.4 is 5.32 Å². The Balaban J connectivity index is 2.78. The summed E-state index contributed by atoms with van der Waals surface area (Å²) in [6.07, 6.45) is 0. The first-order valence-corrected chi connectivity index (χ1v) is 4.61. The van der Waals surface area contributed by atoms with Gasteiger partial charge in [0.05, 0.1) is 17.1 Å². The van der Waals surface area contributed by atoms with Crippen molar-refractivity contribution in [2.75, 3.05) is 6.54 Å². The summed E-state index contributed by atoms with van der Waals surface area (Å²) in [5, 5.41) is 2.39. The van der Waals surface area contributed by atoms with Gasteiger partial charge in [0.1, 0.15) is 11.6 Å². The molecule has 0 atom stereocenters. The van der Waals surface area contributed by atoms with E-state index in [0.29, 0.717) is 0 Å². The zero-order valence-corrected chi connectivity index (χ0v) is 8.77. The first-order valence-electron chi connectivity index (χ1n) is 4.23. The van der Waals surface area contributed by atoms with Gasteiger partial charge in [0.25, 0.3) is 5.91 Å². The Kier molecular flexibility index (Phi) is 3.80. The van der Waals surface area contributed by atoms with Gasteiger partial charge in [-0.3, -0.25) is 9.59 Å². The lowest BCUT2D eigenvalue weighted by Crippen LogP contribution is -2.28. The predicted octanol–water partition coefficient (Wildman–Crippen LogP) is 1.80. The number of ketones is 1. The number of hydrogen-bond donors (Lipinski definition) is 1. The van der Waals surface area contributed by atoms with Crippen LogP contribution in [0.25, 0.3) is 0 Å². The molecule has 1 aromatic carbocycles. The summed E-state index contributed by atoms with van der Waals surface area (Å²) in [7, 11) is 0. The van der Waals surface area contributed by atoms with E-state index in [4.69, 9.17) is 11.6 Å². The summed E-state index contributed by atoms with van der Waals surface area (Å²) in [4.78, 5) is 22.0. The van der Waals surface area contributed by atoms with Gasteiger partial charge in [0, 0.05) is 0 Å². The number of hydrogen-bond acceptors (Lipinski definition) is 2. The summed E-state index contributed by atoms with van der Waals surface area (Å²) in [6.45, 7) is 1.29. The van der Waals surface area contributed by atoms with Gasteiger partial charge in [0.15, 0.2) is 0 Å². The highest BCUT2D eigenvalue weighted by Crippen LogP contribution is 2.16. The highest BCUT2D eigenvalue weighted by Gasteiger charge is 2.10. The normalized spacial score (nSPS) is 9.80. The molecule has 1 N–H and O–H groups in total. The summed E-state index contributed by atoms with van der Waals surface area (Å²) < 4.78 is 12.7. The molecule has 3 nitrogen and oxygen atoms in total. The molecule has 0 aliphatic rings. The van der Waals surface area contributed by atoms with E-state index in [0.717, 1.165) is 12.1 Å². The molecule has 0 unspecified atom stereocenters. The molecule has 0 saturated carbocycles. The molecule has 5 heteroatoms. The maximum absolute atomic E-state index is 12.7. The number of Topliss-reactive ketones (excluding diaryl/α,β-unsaturated/α-hetero) is 1. The Hall–Kier alpha value is -1.42. The van der Waals surface area contributed by atoms with Crippen molar-refractivity contribution in [1.29, 1.82) is 0 Å². The van der Waals surface area contributed by atoms with Gasteiger partial charge in [-0.25, -0.2) is 4.39 Å². The Bertz CT molecular complexity index is 406. The van der Waals surface area contributed by atoms with Crippen molar-refractivity contribution in [3.05, 3.63) is 34.6 Å². The van der Waals surface area contributed by atoms with Gasteiger partial charge >= 0.3 is 0 Å². The molecule has 0 aliphatic heterocycles. The number of carbonyl (C=O) groups is 2. The molecule has 0 spiro atoms. The molecule has 0 bridgehead atoms. The van der Waals surface area contributed by atoms with Crippen LogP contribution in [-0.4, -0.2) is 18.2 Å². The summed E-state index contributed by atoms with van der Waals surface area (Å²) in [5.41, 5.74) is 0.152. The molecule has 0 aromatic heterocycles. The fourth-order valence-corrected chi connectivity index (χ4v) is 1.23. The molecular formula is C10H9ClFNO2. The highest BCUT2D eigenvalue weighted by atomic mass is 35.5. The van der Waals surface area contributed by atoms with E-state index in [9.17, 15) is 14.0 Å². The number of amides is 1. The van der Waals surface area contributed by atoms with Gasteiger partial charge in [-0.1, -0.05) is 11.6 Å². The van der Waals surface area contributed by atoms with Crippen molar-refractivity contribution in [3.63, 3.8) is 0 Å². The van der Waals surface area contributed by atoms with Crippen LogP contribution in [0.4, 0.5) is 4.39 Å². The maximum Gasteiger partial charge on any atom is 0.253 e. The number of carbonyl (C=O) groups excluding carboxylic acids is 2. The number of halogens is 2. The molecule has 1 amide bonds. The lowest BCUT2D eigenvalue weighted by molar-refractivity contribution is -0.116. The fourth-order valence-electron chi connectivity index (χ4n) is 0.974. The maximum atomic E-state index is 12.7. The Labute approximate surface area is 91.2 Å². The fraction of sp³-hybridized carbons (Fsp3) is 0.200. The van der Waals surface area contributed by atoms with E-state index in [2.05, 4.69) is 5.32 Å². The quantitative estimate of drug-likeness (QED) is 0.859. The van der Waals surface area contributed by atoms with Crippen LogP contribution in [0.3, 0.4) is 0 Å². The first-order chi connectivity index (χ1) is 7.00. The standard InChI is InChI=1S/C10H9ClFNO2/c1-6(14)5-13-10(15)8-3-2-7(12)4-9(8)11/h2-4H,5H2,1H3,(H,13,15). The minimum Gasteiger partial charge on any atom is -0.345 e. The molecule has 0 radical (unpaired) electrons. The molecule has 0 saturated heterocycles. The smallest absolute Gasteiger partial charge is 0.253 e. The van der Waals surface area contributed by atoms with Gasteiger partial charge < -0.3 is 5.32 Å². The van der Waals surface area contributed by atoms with Crippen molar-refractivity contribution >= 4 is 23.3 Å². The lowest BCUT2D eigenvalue weighted by atomic mass is 10.2. The van der Waals surface area contributed by atoms with Crippen LogP contribution in [0.2, 0.25) is 5.02 Å². The topological polar surface area (TPSA) is 46.2 Å². The molecule has 1 rings (SSSR count). The molecular weight excluding hydrogens is 221 g/mol. The molecule has 15 heavy (non-hydrogen) atoms. The highest BCUT2D eigenvalue weighted by molar-refractivity contribution is 6.33. The van der Waals surface area contributed by atoms with Gasteiger partial charge in [-0.15, -0.1) is 0 Å². The minimum atomic E-state index is -0.511. The Morgan fingerprint density at radius 3 is 2.67 bits per heavy atom. The van der Waals surface area contributed by atoms with E-state index < -0.39 is 11.7 Å². The zero-order chi connectivity index (χ0) is 11.4. The largest absolute Gasteiger partial charge is 0.345 e. The van der Waals surface area contributed by atoms with Crippen LogP contribution >= 0.6 is 11.6 Å². The molecule has 0 fully saturated rings. The van der Waals surface area contributed by atoms with Crippen LogP contribution in [0.1, 0.15) is 17.3 Å². The van der Waals surface area contributed by atoms with Crippen molar-refractivity contribution in [3.8, 4) is 0 Å². The zero-order valence-electron chi connectivity index (χ0n) is 8.01. The van der Waals surface area contributed by atoms with Gasteiger partial charge in [0.2, 0.25) is 0 Å². The first kappa shape index (κ1) is 11.7. The second-order valence-corrected chi connectivity index (χ2v) is 3.42. The van der Waals surface area contributed by atoms with E-state index >= 15 is 0 Å². The average molecular weight is 230 g/mol. The van der Waals surface area contributed by atoms with Crippen LogP contribution in [0.5, 0.6) is 0 Å². The van der Waals surface area contributed by atoms with E-state index in [-0.39, 0.29) is 22.9 Å². The number of benzene rings is 1. The molecule has 1 aromatic rings. The molecule has 0 aliphatic carbocycles. The monoisotopic (exact) mass is 229 g/mol. The second kappa shape index (κ2) is 4.89. The van der Waals surface area contributed by atoms with Crippen molar-refractivity contribution in [2.45, 2.75) is 6.92 Å². The summed E-state index contributed by atoms with van der Waals surface area (Å²) in [5.74, 6) is -1.17. The predicted molar refractivity (Wildman–Crippen MR) is 54.4 cm³/mol. The lowest BCUT2D eigenvalue weighted by Gasteiger charge is -2.04. The van der Waals surface area contributed by atoms with Crippen LogP contribution in [0.15, 0.2) is 18.2 Å². The third kappa shape index (κ3) is 3.32. The average Bonchev–Trinajstić information content (AvgIpc) is 2.14. The van der Waals surface area contributed by atoms with Gasteiger partial charge in [-0.2, -0.15) is 0 Å². The summed E-state index contributed by atoms with van der Waals surface area (Å²) in [6, 6.07) is 3.45. The van der Waals surface area contributed by atoms with Crippen molar-refractivity contribution in [1.82, 2.24) is 5.32 Å². The SMILES string of the molecule is CC(=O)CNC(=O)c1ccc(F)cc1Cl. The summed E-state index contributed by atoms with van der Waals surface area (Å²) >= 11 is 5.65. The molecule has 80 valence electrons. The third-order valence-electron chi connectivity index (χ3n) is 1.67. The van der Waals surface area contributed by atoms with E-state index in [1.165, 1.54) is 13.0 Å². The van der Waals surface area contributed by atoms with Crippen molar-refractivity contribution in [2.24, 2.45) is 0 Å². The van der Waals surface area contributed by atoms with E-state index in [1.54, 1.807) is 0 Å². The van der Waals surface area contributed by atoms with Crippen LogP contribution in [-0.2, 0) is 4.79 Å². The Morgan fingerprint density at radius 1 is 1.47 bits per heavy atom. The number of rotatable bonds is 3. The van der Waals surface area contributed by atoms with E-state index in [1.807, 2.05) is 0 Å².